The van der Waals surface area contributed by atoms with Gasteiger partial charge >= 0.3 is 5.97 Å². The van der Waals surface area contributed by atoms with E-state index in [1.165, 1.54) is 12.8 Å². The van der Waals surface area contributed by atoms with Gasteiger partial charge in [-0.1, -0.05) is 33.1 Å². The van der Waals surface area contributed by atoms with Gasteiger partial charge in [0.25, 0.3) is 0 Å². The van der Waals surface area contributed by atoms with Crippen LogP contribution < -0.4 is 0 Å². The van der Waals surface area contributed by atoms with Crippen molar-refractivity contribution in [3.05, 3.63) is 0 Å². The van der Waals surface area contributed by atoms with Crippen LogP contribution in [0.3, 0.4) is 0 Å². The molecule has 0 bridgehead atoms. The summed E-state index contributed by atoms with van der Waals surface area (Å²) in [7, 11) is 0. The molecule has 0 aliphatic carbocycles. The molecule has 0 aromatic heterocycles. The van der Waals surface area contributed by atoms with Crippen molar-refractivity contribution in [1.29, 1.82) is 0 Å². The van der Waals surface area contributed by atoms with Crippen molar-refractivity contribution >= 4 is 28.6 Å². The Bertz CT molecular complexity index is 126. The van der Waals surface area contributed by atoms with Gasteiger partial charge in [-0.3, -0.25) is 4.79 Å². The third-order valence-corrected chi connectivity index (χ3v) is 2.15. The lowest BCUT2D eigenvalue weighted by atomic mass is 10.0. The molecule has 0 saturated carbocycles. The number of esters is 1. The second-order valence-electron chi connectivity index (χ2n) is 2.97. The molecule has 0 N–H and O–H groups in total. The minimum absolute atomic E-state index is 0.0551. The predicted octanol–water partition coefficient (Wildman–Crippen LogP) is 3.14. The topological polar surface area (TPSA) is 26.3 Å². The molecule has 1 atom stereocenters. The lowest BCUT2D eigenvalue weighted by Gasteiger charge is -2.08. The first-order valence-electron chi connectivity index (χ1n) is 4.45. The number of alkyl halides is 1. The Morgan fingerprint density at radius 2 is 2.17 bits per heavy atom. The molecule has 0 aromatic rings. The van der Waals surface area contributed by atoms with Gasteiger partial charge in [0.1, 0.15) is 4.61 Å². The molecule has 0 fully saturated rings. The van der Waals surface area contributed by atoms with Gasteiger partial charge in [0.15, 0.2) is 0 Å². The van der Waals surface area contributed by atoms with Gasteiger partial charge in [0.2, 0.25) is 0 Å². The van der Waals surface area contributed by atoms with Crippen molar-refractivity contribution in [3.8, 4) is 0 Å². The Hall–Kier alpha value is 0.200. The number of ether oxygens (including phenoxy) is 1. The first-order chi connectivity index (χ1) is 5.72. The van der Waals surface area contributed by atoms with Gasteiger partial charge in [-0.05, 0) is 29.0 Å². The Kier molecular flexibility index (Phi) is 7.96. The van der Waals surface area contributed by atoms with Crippen molar-refractivity contribution in [2.45, 2.75) is 39.5 Å². The molecule has 3 heteroatoms. The number of halogens is 1. The van der Waals surface area contributed by atoms with E-state index in [-0.39, 0.29) is 11.9 Å². The summed E-state index contributed by atoms with van der Waals surface area (Å²) in [4.78, 5) is 11.1. The summed E-state index contributed by atoms with van der Waals surface area (Å²) in [6.07, 6.45) is 4.51. The largest absolute Gasteiger partial charge is 0.455 e. The fourth-order valence-electron chi connectivity index (χ4n) is 1.01. The average Bonchev–Trinajstić information content (AvgIpc) is 2.05. The molecule has 0 heterocycles. The normalized spacial score (nSPS) is 12.6. The Balaban J connectivity index is 3.42. The zero-order chi connectivity index (χ0) is 9.40. The zero-order valence-corrected chi connectivity index (χ0v) is 9.96. The summed E-state index contributed by atoms with van der Waals surface area (Å²) in [5.41, 5.74) is 0. The van der Waals surface area contributed by atoms with Gasteiger partial charge in [0, 0.05) is 0 Å². The number of carbonyl (C=O) groups excluding carboxylic acids is 1. The zero-order valence-electron chi connectivity index (χ0n) is 7.81. The number of hydrogen-bond donors (Lipinski definition) is 0. The van der Waals surface area contributed by atoms with Crippen molar-refractivity contribution in [3.63, 3.8) is 0 Å². The van der Waals surface area contributed by atoms with E-state index >= 15 is 0 Å². The molecule has 0 aromatic carbocycles. The lowest BCUT2D eigenvalue weighted by molar-refractivity contribution is -0.145. The highest BCUT2D eigenvalue weighted by atomic mass is 127. The number of hydrogen-bond acceptors (Lipinski definition) is 2. The first-order valence-corrected chi connectivity index (χ1v) is 5.97. The highest BCUT2D eigenvalue weighted by molar-refractivity contribution is 14.1. The van der Waals surface area contributed by atoms with Crippen LogP contribution in [0.5, 0.6) is 0 Å². The van der Waals surface area contributed by atoms with E-state index in [1.807, 2.05) is 29.5 Å². The van der Waals surface area contributed by atoms with E-state index < -0.39 is 0 Å². The van der Waals surface area contributed by atoms with Gasteiger partial charge in [-0.15, -0.1) is 0 Å². The second-order valence-corrected chi connectivity index (χ2v) is 3.59. The molecule has 0 radical (unpaired) electrons. The Labute approximate surface area is 88.2 Å². The monoisotopic (exact) mass is 284 g/mol. The summed E-state index contributed by atoms with van der Waals surface area (Å²) in [5.74, 6) is 0.0202. The van der Waals surface area contributed by atoms with Crippen LogP contribution in [0.15, 0.2) is 0 Å². The smallest absolute Gasteiger partial charge is 0.309 e. The molecule has 2 nitrogen and oxygen atoms in total. The summed E-state index contributed by atoms with van der Waals surface area (Å²) in [6.45, 7) is 4.10. The fraction of sp³-hybridized carbons (Fsp3) is 0.889. The standard InChI is InChI=1S/C9H17IO2/c1-3-4-5-6-8(2)9(11)12-7-10/h8H,3-7H2,1-2H3. The van der Waals surface area contributed by atoms with Crippen molar-refractivity contribution in [1.82, 2.24) is 0 Å². The summed E-state index contributed by atoms with van der Waals surface area (Å²) >= 11 is 2.04. The van der Waals surface area contributed by atoms with Crippen LogP contribution in [0.4, 0.5) is 0 Å². The average molecular weight is 284 g/mol. The maximum atomic E-state index is 11.1. The SMILES string of the molecule is CCCCCC(C)C(=O)OCI. The summed E-state index contributed by atoms with van der Waals surface area (Å²) in [5, 5.41) is 0. The van der Waals surface area contributed by atoms with Crippen LogP contribution in [0.1, 0.15) is 39.5 Å². The first kappa shape index (κ1) is 12.2. The fourth-order valence-corrected chi connectivity index (χ4v) is 1.32. The molecule has 72 valence electrons. The summed E-state index contributed by atoms with van der Waals surface area (Å²) < 4.78 is 5.35. The van der Waals surface area contributed by atoms with Crippen LogP contribution in [-0.2, 0) is 9.53 Å². The van der Waals surface area contributed by atoms with E-state index in [0.717, 1.165) is 12.8 Å². The van der Waals surface area contributed by atoms with Crippen LogP contribution >= 0.6 is 22.6 Å². The Morgan fingerprint density at radius 3 is 2.67 bits per heavy atom. The van der Waals surface area contributed by atoms with E-state index in [9.17, 15) is 4.79 Å². The third kappa shape index (κ3) is 5.80. The van der Waals surface area contributed by atoms with Crippen LogP contribution in [0, 0.1) is 5.92 Å². The van der Waals surface area contributed by atoms with E-state index in [4.69, 9.17) is 4.74 Å². The molecule has 12 heavy (non-hydrogen) atoms. The molecule has 0 spiro atoms. The minimum atomic E-state index is -0.0551. The summed E-state index contributed by atoms with van der Waals surface area (Å²) in [6, 6.07) is 0. The third-order valence-electron chi connectivity index (χ3n) is 1.84. The molecular weight excluding hydrogens is 267 g/mol. The molecule has 0 saturated heterocycles. The van der Waals surface area contributed by atoms with Crippen molar-refractivity contribution < 1.29 is 9.53 Å². The Morgan fingerprint density at radius 1 is 1.50 bits per heavy atom. The second kappa shape index (κ2) is 7.83. The van der Waals surface area contributed by atoms with Crippen molar-refractivity contribution in [2.24, 2.45) is 5.92 Å². The molecule has 0 aliphatic heterocycles. The molecule has 1 unspecified atom stereocenters. The highest BCUT2D eigenvalue weighted by Gasteiger charge is 2.12. The van der Waals surface area contributed by atoms with Crippen LogP contribution in [0.25, 0.3) is 0 Å². The van der Waals surface area contributed by atoms with Crippen LogP contribution in [-0.4, -0.2) is 10.6 Å². The lowest BCUT2D eigenvalue weighted by Crippen LogP contribution is -2.13. The quantitative estimate of drug-likeness (QED) is 0.324. The van der Waals surface area contributed by atoms with Crippen molar-refractivity contribution in [2.75, 3.05) is 4.61 Å². The maximum Gasteiger partial charge on any atom is 0.309 e. The van der Waals surface area contributed by atoms with E-state index in [0.29, 0.717) is 4.61 Å². The number of carbonyl (C=O) groups is 1. The van der Waals surface area contributed by atoms with Gasteiger partial charge < -0.3 is 4.74 Å². The van der Waals surface area contributed by atoms with E-state index in [2.05, 4.69) is 6.92 Å². The van der Waals surface area contributed by atoms with E-state index in [1.54, 1.807) is 0 Å². The molecule has 0 aliphatic rings. The maximum absolute atomic E-state index is 11.1. The predicted molar refractivity (Wildman–Crippen MR) is 58.3 cm³/mol. The highest BCUT2D eigenvalue weighted by Crippen LogP contribution is 2.11. The molecular formula is C9H17IO2. The minimum Gasteiger partial charge on any atom is -0.455 e. The van der Waals surface area contributed by atoms with Gasteiger partial charge in [-0.25, -0.2) is 0 Å². The number of unbranched alkanes of at least 4 members (excludes halogenated alkanes) is 2. The number of rotatable bonds is 6. The van der Waals surface area contributed by atoms with Gasteiger partial charge in [0.05, 0.1) is 5.92 Å². The van der Waals surface area contributed by atoms with Crippen LogP contribution in [0.2, 0.25) is 0 Å². The molecule has 0 rings (SSSR count). The molecule has 0 amide bonds. The van der Waals surface area contributed by atoms with Gasteiger partial charge in [-0.2, -0.15) is 0 Å².